The molecule has 13 heteroatoms. The number of esters is 1. The molecule has 4 amide bonds. The first-order chi connectivity index (χ1) is 17.8. The van der Waals surface area contributed by atoms with Crippen molar-refractivity contribution in [1.29, 1.82) is 0 Å². The highest BCUT2D eigenvalue weighted by atomic mass is 16.5. The van der Waals surface area contributed by atoms with Gasteiger partial charge in [-0.25, -0.2) is 4.79 Å². The Bertz CT molecular complexity index is 866. The van der Waals surface area contributed by atoms with Crippen molar-refractivity contribution in [2.75, 3.05) is 13.2 Å². The molecule has 1 aliphatic rings. The van der Waals surface area contributed by atoms with Crippen LogP contribution in [0.5, 0.6) is 0 Å². The molecule has 0 bridgehead atoms. The maximum Gasteiger partial charge on any atom is 0.331 e. The molecule has 13 nitrogen and oxygen atoms in total. The van der Waals surface area contributed by atoms with Crippen molar-refractivity contribution in [2.24, 2.45) is 22.4 Å². The minimum absolute atomic E-state index is 0.0922. The summed E-state index contributed by atoms with van der Waals surface area (Å²) in [6, 6.07) is -2.83. The van der Waals surface area contributed by atoms with Crippen molar-refractivity contribution in [3.05, 3.63) is 0 Å². The van der Waals surface area contributed by atoms with Crippen LogP contribution in [0.1, 0.15) is 79.6 Å². The van der Waals surface area contributed by atoms with Gasteiger partial charge in [0.25, 0.3) is 0 Å². The molecule has 0 radical (unpaired) electrons. The van der Waals surface area contributed by atoms with Crippen molar-refractivity contribution >= 4 is 35.6 Å². The number of carbonyl (C=O) groups is 5. The molecule has 3 atom stereocenters. The fourth-order valence-corrected chi connectivity index (χ4v) is 4.34. The number of amides is 4. The molecule has 0 aliphatic heterocycles. The number of carbonyl (C=O) groups excluding carboxylic acids is 5. The third-order valence-electron chi connectivity index (χ3n) is 6.22. The zero-order valence-electron chi connectivity index (χ0n) is 23.2. The van der Waals surface area contributed by atoms with E-state index in [9.17, 15) is 24.0 Å². The molecule has 1 fully saturated rings. The lowest BCUT2D eigenvalue weighted by Gasteiger charge is -2.30. The van der Waals surface area contributed by atoms with Crippen molar-refractivity contribution in [1.82, 2.24) is 21.3 Å². The Labute approximate surface area is 224 Å². The number of nitrogens with one attached hydrogen (secondary N) is 4. The average molecular weight is 540 g/mol. The number of hydrogen-bond acceptors (Lipinski definition) is 7. The third-order valence-corrected chi connectivity index (χ3v) is 6.22. The number of nitrogens with zero attached hydrogens (tertiary/aromatic N) is 1. The van der Waals surface area contributed by atoms with Gasteiger partial charge in [0.1, 0.15) is 23.7 Å². The van der Waals surface area contributed by atoms with Gasteiger partial charge in [-0.1, -0.05) is 26.7 Å². The minimum atomic E-state index is -1.11. The number of hydrogen-bond donors (Lipinski definition) is 6. The second-order valence-electron chi connectivity index (χ2n) is 10.1. The Balaban J connectivity index is 2.96. The summed E-state index contributed by atoms with van der Waals surface area (Å²) in [7, 11) is 0. The van der Waals surface area contributed by atoms with Gasteiger partial charge in [0.2, 0.25) is 23.6 Å². The fraction of sp³-hybridized carbons (Fsp3) is 0.760. The van der Waals surface area contributed by atoms with Gasteiger partial charge in [-0.05, 0) is 51.9 Å². The van der Waals surface area contributed by atoms with Gasteiger partial charge in [-0.15, -0.1) is 0 Å². The van der Waals surface area contributed by atoms with Gasteiger partial charge in [0, 0.05) is 13.5 Å². The van der Waals surface area contributed by atoms with E-state index in [-0.39, 0.29) is 37.4 Å². The molecule has 0 aromatic heterocycles. The Kier molecular flexibility index (Phi) is 13.6. The summed E-state index contributed by atoms with van der Waals surface area (Å²) in [5.74, 6) is -2.47. The zero-order valence-corrected chi connectivity index (χ0v) is 23.2. The quantitative estimate of drug-likeness (QED) is 0.0695. The molecule has 0 unspecified atom stereocenters. The van der Waals surface area contributed by atoms with Gasteiger partial charge in [-0.3, -0.25) is 24.2 Å². The predicted octanol–water partition coefficient (Wildman–Crippen LogP) is -0.428. The van der Waals surface area contributed by atoms with Crippen LogP contribution >= 0.6 is 0 Å². The van der Waals surface area contributed by atoms with Crippen LogP contribution in [0.2, 0.25) is 0 Å². The van der Waals surface area contributed by atoms with Crippen LogP contribution in [0.3, 0.4) is 0 Å². The van der Waals surface area contributed by atoms with E-state index in [2.05, 4.69) is 26.3 Å². The molecular formula is C25H45N7O6. The van der Waals surface area contributed by atoms with Gasteiger partial charge < -0.3 is 37.5 Å². The topological polar surface area (TPSA) is 207 Å². The van der Waals surface area contributed by atoms with Crippen LogP contribution in [0, 0.1) is 5.92 Å². The van der Waals surface area contributed by atoms with Crippen LogP contribution in [0.4, 0.5) is 0 Å². The Morgan fingerprint density at radius 3 is 2.05 bits per heavy atom. The van der Waals surface area contributed by atoms with E-state index in [0.29, 0.717) is 25.7 Å². The normalized spacial score (nSPS) is 16.5. The summed E-state index contributed by atoms with van der Waals surface area (Å²) < 4.78 is 5.17. The van der Waals surface area contributed by atoms with E-state index in [1.807, 2.05) is 13.8 Å². The predicted molar refractivity (Wildman–Crippen MR) is 142 cm³/mol. The molecule has 1 aliphatic carbocycles. The van der Waals surface area contributed by atoms with Crippen LogP contribution in [-0.4, -0.2) is 72.4 Å². The minimum Gasteiger partial charge on any atom is -0.464 e. The van der Waals surface area contributed by atoms with Crippen molar-refractivity contribution < 1.29 is 28.7 Å². The molecule has 216 valence electrons. The highest BCUT2D eigenvalue weighted by molar-refractivity contribution is 5.95. The molecule has 8 N–H and O–H groups in total. The van der Waals surface area contributed by atoms with Crippen LogP contribution in [0.15, 0.2) is 4.99 Å². The number of nitrogens with two attached hydrogens (primary N) is 2. The Hall–Kier alpha value is -3.38. The Morgan fingerprint density at radius 1 is 0.921 bits per heavy atom. The molecule has 0 heterocycles. The van der Waals surface area contributed by atoms with Crippen molar-refractivity contribution in [2.45, 2.75) is 103 Å². The van der Waals surface area contributed by atoms with Crippen LogP contribution < -0.4 is 32.7 Å². The Morgan fingerprint density at radius 2 is 1.53 bits per heavy atom. The molecule has 0 saturated heterocycles. The molecule has 38 heavy (non-hydrogen) atoms. The lowest BCUT2D eigenvalue weighted by Crippen LogP contribution is -2.60. The first kappa shape index (κ1) is 32.6. The van der Waals surface area contributed by atoms with Crippen LogP contribution in [-0.2, 0) is 28.7 Å². The molecule has 1 rings (SSSR count). The van der Waals surface area contributed by atoms with Gasteiger partial charge >= 0.3 is 5.97 Å². The lowest BCUT2D eigenvalue weighted by molar-refractivity contribution is -0.153. The molecule has 0 aromatic rings. The maximum absolute atomic E-state index is 13.2. The summed E-state index contributed by atoms with van der Waals surface area (Å²) in [6.45, 7) is 8.77. The van der Waals surface area contributed by atoms with E-state index in [0.717, 1.165) is 12.8 Å². The molecule has 1 saturated carbocycles. The smallest absolute Gasteiger partial charge is 0.331 e. The second kappa shape index (κ2) is 15.8. The van der Waals surface area contributed by atoms with E-state index in [1.54, 1.807) is 6.92 Å². The summed E-state index contributed by atoms with van der Waals surface area (Å²) >= 11 is 0. The number of ether oxygens (including phenoxy) is 1. The molecule has 0 spiro atoms. The SMILES string of the molecule is CCOC(=O)C1(NC(=O)[C@H](C)NC(=O)[C@H](CCCN=C(N)N)NC(=O)[C@H](CC(C)C)NC(C)=O)CCCC1. The van der Waals surface area contributed by atoms with Gasteiger partial charge in [0.05, 0.1) is 6.61 Å². The van der Waals surface area contributed by atoms with E-state index in [4.69, 9.17) is 16.2 Å². The zero-order chi connectivity index (χ0) is 28.9. The average Bonchev–Trinajstić information content (AvgIpc) is 3.29. The number of aliphatic imine (C=N–C) groups is 1. The monoisotopic (exact) mass is 539 g/mol. The highest BCUT2D eigenvalue weighted by Gasteiger charge is 2.44. The summed E-state index contributed by atoms with van der Waals surface area (Å²) in [4.78, 5) is 67.2. The first-order valence-electron chi connectivity index (χ1n) is 13.2. The largest absolute Gasteiger partial charge is 0.464 e. The standard InChI is InChI=1S/C25H45N7O6/c1-6-38-23(37)25(11-7-8-12-25)32-20(34)16(4)29-21(35)18(10-9-13-28-24(26)27)31-22(36)19(14-15(2)3)30-17(5)33/h15-16,18-19H,6-14H2,1-5H3,(H,29,35)(H,30,33)(H,31,36)(H,32,34)(H4,26,27,28)/t16-,18-,19-/m0/s1. The highest BCUT2D eigenvalue weighted by Crippen LogP contribution is 2.31. The second-order valence-corrected chi connectivity index (χ2v) is 10.1. The molecule has 0 aromatic carbocycles. The first-order valence-corrected chi connectivity index (χ1v) is 13.2. The summed E-state index contributed by atoms with van der Waals surface area (Å²) in [6.07, 6.45) is 3.40. The van der Waals surface area contributed by atoms with Gasteiger partial charge in [-0.2, -0.15) is 0 Å². The third kappa shape index (κ3) is 10.9. The molecular weight excluding hydrogens is 494 g/mol. The van der Waals surface area contributed by atoms with Crippen LogP contribution in [0.25, 0.3) is 0 Å². The van der Waals surface area contributed by atoms with Gasteiger partial charge in [0.15, 0.2) is 5.96 Å². The fourth-order valence-electron chi connectivity index (χ4n) is 4.34. The maximum atomic E-state index is 13.2. The number of guanidine groups is 1. The van der Waals surface area contributed by atoms with Crippen molar-refractivity contribution in [3.8, 4) is 0 Å². The van der Waals surface area contributed by atoms with E-state index < -0.39 is 47.4 Å². The lowest BCUT2D eigenvalue weighted by atomic mass is 9.97. The number of rotatable bonds is 15. The van der Waals surface area contributed by atoms with Crippen molar-refractivity contribution in [3.63, 3.8) is 0 Å². The van der Waals surface area contributed by atoms with E-state index in [1.165, 1.54) is 13.8 Å². The summed E-state index contributed by atoms with van der Waals surface area (Å²) in [5, 5.41) is 10.7. The summed E-state index contributed by atoms with van der Waals surface area (Å²) in [5.41, 5.74) is 9.61. The van der Waals surface area contributed by atoms with E-state index >= 15 is 0 Å².